The summed E-state index contributed by atoms with van der Waals surface area (Å²) in [5, 5.41) is 10.5. The van der Waals surface area contributed by atoms with Crippen LogP contribution in [0.4, 0.5) is 4.79 Å². The fourth-order valence-corrected chi connectivity index (χ4v) is 2.66. The van der Waals surface area contributed by atoms with Crippen LogP contribution in [0, 0.1) is 0 Å². The number of ether oxygens (including phenoxy) is 2. The van der Waals surface area contributed by atoms with Crippen molar-refractivity contribution in [2.24, 2.45) is 4.99 Å². The summed E-state index contributed by atoms with van der Waals surface area (Å²) in [5.74, 6) is 0.372. The molecule has 2 atom stereocenters. The number of amides is 2. The van der Waals surface area contributed by atoms with E-state index in [4.69, 9.17) is 14.3 Å². The van der Waals surface area contributed by atoms with Crippen LogP contribution in [0.5, 0.6) is 0 Å². The minimum atomic E-state index is -0.432. The lowest BCUT2D eigenvalue weighted by Gasteiger charge is -2.31. The Bertz CT molecular complexity index is 567. The van der Waals surface area contributed by atoms with E-state index < -0.39 is 6.10 Å². The minimum Gasteiger partial charge on any atom is -0.474 e. The zero-order chi connectivity index (χ0) is 20.9. The van der Waals surface area contributed by atoms with Gasteiger partial charge in [-0.1, -0.05) is 6.92 Å². The van der Waals surface area contributed by atoms with Gasteiger partial charge in [0.05, 0.1) is 6.61 Å². The van der Waals surface area contributed by atoms with E-state index in [1.165, 1.54) is 0 Å². The fourth-order valence-electron chi connectivity index (χ4n) is 2.66. The highest BCUT2D eigenvalue weighted by molar-refractivity contribution is 5.94. The summed E-state index contributed by atoms with van der Waals surface area (Å²) in [5.41, 5.74) is 1.31. The van der Waals surface area contributed by atoms with Gasteiger partial charge >= 0.3 is 6.03 Å². The molecule has 0 radical (unpaired) electrons. The number of urea groups is 1. The molecular weight excluding hydrogens is 366 g/mol. The topological polar surface area (TPSA) is 114 Å². The molecule has 10 nitrogen and oxygen atoms in total. The smallest absolute Gasteiger partial charge is 0.319 e. The normalized spacial score (nSPS) is 20.0. The Morgan fingerprint density at radius 3 is 2.79 bits per heavy atom. The monoisotopic (exact) mass is 399 g/mol. The number of rotatable bonds is 10. The maximum atomic E-state index is 12.3. The molecule has 1 heterocycles. The third-order valence-corrected chi connectivity index (χ3v) is 4.33. The zero-order valence-electron chi connectivity index (χ0n) is 17.4. The number of hydrogen-bond acceptors (Lipinski definition) is 8. The summed E-state index contributed by atoms with van der Waals surface area (Å²) in [4.78, 5) is 32.5. The van der Waals surface area contributed by atoms with Gasteiger partial charge in [0.1, 0.15) is 12.7 Å². The maximum absolute atomic E-state index is 12.3. The van der Waals surface area contributed by atoms with Gasteiger partial charge < -0.3 is 25.4 Å². The van der Waals surface area contributed by atoms with Crippen LogP contribution in [-0.2, 0) is 19.1 Å². The molecule has 1 saturated heterocycles. The molecule has 1 unspecified atom stereocenters. The van der Waals surface area contributed by atoms with Crippen molar-refractivity contribution in [1.29, 1.82) is 0 Å². The van der Waals surface area contributed by atoms with Crippen molar-refractivity contribution in [3.8, 4) is 0 Å². The Balaban J connectivity index is 2.60. The summed E-state index contributed by atoms with van der Waals surface area (Å²) in [7, 11) is 3.35. The summed E-state index contributed by atoms with van der Waals surface area (Å²) in [6, 6.07) is -0.257. The van der Waals surface area contributed by atoms with Gasteiger partial charge in [-0.05, 0) is 27.3 Å². The van der Waals surface area contributed by atoms with Gasteiger partial charge in [0.15, 0.2) is 0 Å². The predicted molar refractivity (Wildman–Crippen MR) is 106 cm³/mol. The Hall–Kier alpha value is -2.17. The number of carbonyl (C=O) groups excluding carboxylic acids is 2. The van der Waals surface area contributed by atoms with E-state index in [1.54, 1.807) is 27.9 Å². The summed E-state index contributed by atoms with van der Waals surface area (Å²) in [6.07, 6.45) is 0.332. The summed E-state index contributed by atoms with van der Waals surface area (Å²) < 4.78 is 10.6. The van der Waals surface area contributed by atoms with Crippen molar-refractivity contribution >= 4 is 18.4 Å². The van der Waals surface area contributed by atoms with E-state index in [0.717, 1.165) is 13.0 Å². The van der Waals surface area contributed by atoms with Crippen LogP contribution in [0.2, 0.25) is 0 Å². The molecule has 1 aliphatic rings. The molecule has 3 N–H and O–H groups in total. The lowest BCUT2D eigenvalue weighted by Crippen LogP contribution is -2.50. The highest BCUT2D eigenvalue weighted by Crippen LogP contribution is 2.08. The lowest BCUT2D eigenvalue weighted by molar-refractivity contribution is -0.183. The highest BCUT2D eigenvalue weighted by atomic mass is 16.7. The zero-order valence-corrected chi connectivity index (χ0v) is 17.4. The molecule has 10 heteroatoms. The first-order chi connectivity index (χ1) is 13.4. The number of allylic oxidation sites excluding steroid dienone is 1. The van der Waals surface area contributed by atoms with Crippen LogP contribution in [0.25, 0.3) is 0 Å². The van der Waals surface area contributed by atoms with Crippen molar-refractivity contribution in [2.45, 2.75) is 39.3 Å². The molecule has 0 bridgehead atoms. The molecule has 1 aliphatic heterocycles. The number of aliphatic imine (C=N–C) groups is 1. The van der Waals surface area contributed by atoms with Crippen molar-refractivity contribution in [3.05, 3.63) is 11.3 Å². The van der Waals surface area contributed by atoms with Crippen LogP contribution >= 0.6 is 0 Å². The fraction of sp³-hybridized carbons (Fsp3) is 0.722. The number of carbonyl (C=O) groups is 2. The first-order valence-corrected chi connectivity index (χ1v) is 9.41. The van der Waals surface area contributed by atoms with E-state index in [2.05, 4.69) is 20.9 Å². The Kier molecular flexibility index (Phi) is 11.2. The molecule has 0 aromatic heterocycles. The van der Waals surface area contributed by atoms with Crippen molar-refractivity contribution in [3.63, 3.8) is 0 Å². The van der Waals surface area contributed by atoms with Crippen LogP contribution in [0.3, 0.4) is 0 Å². The van der Waals surface area contributed by atoms with E-state index in [1.807, 2.05) is 12.0 Å². The Morgan fingerprint density at radius 1 is 1.43 bits per heavy atom. The van der Waals surface area contributed by atoms with Gasteiger partial charge in [-0.15, -0.1) is 0 Å². The minimum absolute atomic E-state index is 0.0279. The van der Waals surface area contributed by atoms with Gasteiger partial charge in [0.2, 0.25) is 5.90 Å². The first kappa shape index (κ1) is 23.9. The number of hydroxylamine groups is 2. The van der Waals surface area contributed by atoms with Crippen LogP contribution < -0.4 is 16.0 Å². The number of nitrogens with one attached hydrogen (secondary N) is 3. The van der Waals surface area contributed by atoms with Gasteiger partial charge in [-0.25, -0.2) is 4.79 Å². The standard InChI is InChI=1S/C18H33N5O5/c1-6-23-10-15(7-8-28-23)22-18(25)21-14(3)13(2)17(20-5)26-11-16(9-19-4)27-12-24/h12,15-16,19H,6-11H2,1-5H3,(H2,21,22,25)/b14-13+,20-17+/t15-,16?/m0/s1. The molecule has 0 aliphatic carbocycles. The van der Waals surface area contributed by atoms with Gasteiger partial charge in [-0.3, -0.25) is 14.6 Å². The summed E-state index contributed by atoms with van der Waals surface area (Å²) >= 11 is 0. The van der Waals surface area contributed by atoms with Crippen LogP contribution in [-0.4, -0.2) is 82.6 Å². The number of nitrogens with zero attached hydrogens (tertiary/aromatic N) is 2. The molecule has 160 valence electrons. The SMILES string of the molecule is CCN1C[C@@H](NC(=O)N/C(C)=C(C)/C(=N\C)OCC(CNC)OC=O)CCO1. The maximum Gasteiger partial charge on any atom is 0.319 e. The van der Waals surface area contributed by atoms with Crippen LogP contribution in [0.1, 0.15) is 27.2 Å². The second-order valence-corrected chi connectivity index (χ2v) is 6.40. The van der Waals surface area contributed by atoms with Gasteiger partial charge in [0, 0.05) is 44.0 Å². The molecule has 0 spiro atoms. The van der Waals surface area contributed by atoms with Gasteiger partial charge in [0.25, 0.3) is 6.47 Å². The second-order valence-electron chi connectivity index (χ2n) is 6.40. The largest absolute Gasteiger partial charge is 0.474 e. The molecule has 0 aromatic carbocycles. The van der Waals surface area contributed by atoms with E-state index in [9.17, 15) is 9.59 Å². The predicted octanol–water partition coefficient (Wildman–Crippen LogP) is 0.411. The highest BCUT2D eigenvalue weighted by Gasteiger charge is 2.21. The lowest BCUT2D eigenvalue weighted by atomic mass is 10.2. The van der Waals surface area contributed by atoms with E-state index in [0.29, 0.717) is 43.3 Å². The van der Waals surface area contributed by atoms with Crippen molar-refractivity contribution in [2.75, 3.05) is 46.9 Å². The average Bonchev–Trinajstić information content (AvgIpc) is 2.68. The number of hydrogen-bond donors (Lipinski definition) is 3. The Morgan fingerprint density at radius 2 is 2.18 bits per heavy atom. The Labute approximate surface area is 166 Å². The van der Waals surface area contributed by atoms with E-state index >= 15 is 0 Å². The molecule has 1 fully saturated rings. The van der Waals surface area contributed by atoms with Crippen molar-refractivity contribution in [1.82, 2.24) is 21.0 Å². The quantitative estimate of drug-likeness (QED) is 0.277. The molecule has 28 heavy (non-hydrogen) atoms. The van der Waals surface area contributed by atoms with Crippen LogP contribution in [0.15, 0.2) is 16.3 Å². The first-order valence-electron chi connectivity index (χ1n) is 9.41. The molecular formula is C18H33N5O5. The summed E-state index contributed by atoms with van der Waals surface area (Å²) in [6.45, 7) is 8.60. The van der Waals surface area contributed by atoms with Crippen molar-refractivity contribution < 1.29 is 23.9 Å². The van der Waals surface area contributed by atoms with E-state index in [-0.39, 0.29) is 18.7 Å². The number of likely N-dealkylation sites (N-methyl/N-ethyl adjacent to an activating group) is 2. The third kappa shape index (κ3) is 8.24. The molecule has 0 saturated carbocycles. The average molecular weight is 399 g/mol. The second kappa shape index (κ2) is 13.1. The molecule has 1 rings (SSSR count). The third-order valence-electron chi connectivity index (χ3n) is 4.33. The molecule has 2 amide bonds. The molecule has 0 aromatic rings. The van der Waals surface area contributed by atoms with Gasteiger partial charge in [-0.2, -0.15) is 5.06 Å².